The smallest absolute Gasteiger partial charge is 0.404 e. The number of nitrogens with one attached hydrogen (secondary N) is 1. The average Bonchev–Trinajstić information content (AvgIpc) is 3.52. The summed E-state index contributed by atoms with van der Waals surface area (Å²) in [5, 5.41) is 3.04. The molecule has 5 nitrogen and oxygen atoms in total. The van der Waals surface area contributed by atoms with Crippen LogP contribution in [0.25, 0.3) is 0 Å². The lowest BCUT2D eigenvalue weighted by Crippen LogP contribution is -2.50. The predicted octanol–water partition coefficient (Wildman–Crippen LogP) is 7.08. The molecule has 0 spiro atoms. The number of hydrogen-bond acceptors (Lipinski definition) is 4. The Bertz CT molecular complexity index is 1110. The summed E-state index contributed by atoms with van der Waals surface area (Å²) in [4.78, 5) is 12.0. The van der Waals surface area contributed by atoms with Crippen molar-refractivity contribution < 1.29 is 18.8 Å². The van der Waals surface area contributed by atoms with Gasteiger partial charge in [0.25, 0.3) is 0 Å². The standard InChI is InChI=1S/C36H44BNO4/c39-27-38-33(37-41-34(28-16-6-1-7-17-28)35(42-37)29-18-8-2-9-19-29)26-40-36(30-20-10-3-11-21-30,31-22-12-4-13-23-31)32-24-14-5-15-25-32/h3-5,10-15,20-25,27-29,33-35H,1-2,6-9,16-19,26H2,(H,38,39)/t33-,34+,35+/m1/s1. The minimum absolute atomic E-state index is 0.0801. The Morgan fingerprint density at radius 3 is 1.48 bits per heavy atom. The van der Waals surface area contributed by atoms with Crippen LogP contribution in [0.15, 0.2) is 91.0 Å². The number of carbonyl (C=O) groups is 1. The monoisotopic (exact) mass is 565 g/mol. The van der Waals surface area contributed by atoms with Gasteiger partial charge in [-0.2, -0.15) is 0 Å². The minimum atomic E-state index is -0.878. The number of rotatable bonds is 11. The Morgan fingerprint density at radius 1 is 0.690 bits per heavy atom. The van der Waals surface area contributed by atoms with Crippen LogP contribution in [-0.2, 0) is 24.4 Å². The minimum Gasteiger partial charge on any atom is -0.404 e. The summed E-state index contributed by atoms with van der Waals surface area (Å²) in [5.74, 6) is 0.591. The molecule has 2 saturated carbocycles. The number of carbonyl (C=O) groups excluding carboxylic acids is 1. The van der Waals surface area contributed by atoms with Gasteiger partial charge in [-0.15, -0.1) is 0 Å². The average molecular weight is 566 g/mol. The molecule has 1 amide bonds. The van der Waals surface area contributed by atoms with Gasteiger partial charge in [-0.25, -0.2) is 0 Å². The van der Waals surface area contributed by atoms with Crippen molar-refractivity contribution in [1.82, 2.24) is 5.32 Å². The molecule has 3 atom stereocenters. The first-order chi connectivity index (χ1) is 20.8. The summed E-state index contributed by atoms with van der Waals surface area (Å²) >= 11 is 0. The maximum atomic E-state index is 12.0. The highest BCUT2D eigenvalue weighted by molar-refractivity contribution is 6.47. The molecule has 42 heavy (non-hydrogen) atoms. The maximum absolute atomic E-state index is 12.0. The second-order valence-corrected chi connectivity index (χ2v) is 12.3. The van der Waals surface area contributed by atoms with Gasteiger partial charge in [0, 0.05) is 0 Å². The molecule has 1 heterocycles. The molecule has 1 saturated heterocycles. The van der Waals surface area contributed by atoms with E-state index in [1.807, 2.05) is 54.6 Å². The largest absolute Gasteiger partial charge is 0.483 e. The second-order valence-electron chi connectivity index (χ2n) is 12.3. The summed E-state index contributed by atoms with van der Waals surface area (Å²) in [6.07, 6.45) is 13.4. The molecule has 220 valence electrons. The highest BCUT2D eigenvalue weighted by Gasteiger charge is 2.51. The molecule has 0 aromatic heterocycles. The van der Waals surface area contributed by atoms with Crippen molar-refractivity contribution in [2.75, 3.05) is 6.61 Å². The molecule has 0 bridgehead atoms. The lowest BCUT2D eigenvalue weighted by atomic mass is 9.77. The van der Waals surface area contributed by atoms with E-state index in [2.05, 4.69) is 41.7 Å². The molecule has 0 unspecified atom stereocenters. The fourth-order valence-corrected chi connectivity index (χ4v) is 7.65. The zero-order valence-electron chi connectivity index (χ0n) is 24.6. The highest BCUT2D eigenvalue weighted by atomic mass is 16.7. The quantitative estimate of drug-likeness (QED) is 0.153. The van der Waals surface area contributed by atoms with Gasteiger partial charge in [-0.1, -0.05) is 130 Å². The van der Waals surface area contributed by atoms with E-state index in [1.165, 1.54) is 64.2 Å². The second kappa shape index (κ2) is 14.0. The molecule has 2 aliphatic carbocycles. The number of benzene rings is 3. The van der Waals surface area contributed by atoms with Crippen molar-refractivity contribution in [1.29, 1.82) is 0 Å². The van der Waals surface area contributed by atoms with Gasteiger partial charge >= 0.3 is 7.12 Å². The summed E-state index contributed by atoms with van der Waals surface area (Å²) in [6, 6.07) is 31.1. The molecule has 6 rings (SSSR count). The number of amides is 1. The first-order valence-corrected chi connectivity index (χ1v) is 16.1. The first kappa shape index (κ1) is 29.2. The van der Waals surface area contributed by atoms with Gasteiger partial charge in [0.15, 0.2) is 0 Å². The number of hydrogen-bond donors (Lipinski definition) is 1. The van der Waals surface area contributed by atoms with Crippen molar-refractivity contribution in [2.24, 2.45) is 11.8 Å². The van der Waals surface area contributed by atoms with Crippen LogP contribution in [0, 0.1) is 11.8 Å². The Labute approximate surface area is 251 Å². The van der Waals surface area contributed by atoms with Crippen LogP contribution >= 0.6 is 0 Å². The van der Waals surface area contributed by atoms with Gasteiger partial charge in [0.2, 0.25) is 6.41 Å². The summed E-state index contributed by atoms with van der Waals surface area (Å²) in [7, 11) is -0.547. The van der Waals surface area contributed by atoms with E-state index in [4.69, 9.17) is 14.0 Å². The fourth-order valence-electron chi connectivity index (χ4n) is 7.65. The third-order valence-electron chi connectivity index (χ3n) is 9.77. The predicted molar refractivity (Wildman–Crippen MR) is 167 cm³/mol. The van der Waals surface area contributed by atoms with Crippen LogP contribution in [0.4, 0.5) is 0 Å². The zero-order chi connectivity index (χ0) is 28.6. The molecule has 1 aliphatic heterocycles. The van der Waals surface area contributed by atoms with Crippen LogP contribution < -0.4 is 5.32 Å². The molecule has 3 aromatic carbocycles. The van der Waals surface area contributed by atoms with Gasteiger partial charge in [0.1, 0.15) is 5.60 Å². The molecular formula is C36H44BNO4. The number of ether oxygens (including phenoxy) is 1. The van der Waals surface area contributed by atoms with E-state index in [9.17, 15) is 4.79 Å². The Balaban J connectivity index is 1.31. The van der Waals surface area contributed by atoms with Crippen molar-refractivity contribution in [3.63, 3.8) is 0 Å². The van der Waals surface area contributed by atoms with E-state index in [0.717, 1.165) is 23.1 Å². The Morgan fingerprint density at radius 2 is 1.10 bits per heavy atom. The van der Waals surface area contributed by atoms with Crippen molar-refractivity contribution in [3.8, 4) is 0 Å². The Hall–Kier alpha value is -2.93. The molecule has 3 fully saturated rings. The van der Waals surface area contributed by atoms with Crippen molar-refractivity contribution in [2.45, 2.75) is 88.0 Å². The topological polar surface area (TPSA) is 56.8 Å². The fraction of sp³-hybridized carbons (Fsp3) is 0.472. The highest BCUT2D eigenvalue weighted by Crippen LogP contribution is 2.43. The van der Waals surface area contributed by atoms with E-state index in [-0.39, 0.29) is 18.8 Å². The first-order valence-electron chi connectivity index (χ1n) is 16.1. The van der Waals surface area contributed by atoms with Crippen molar-refractivity contribution in [3.05, 3.63) is 108 Å². The van der Waals surface area contributed by atoms with Gasteiger partial charge in [-0.05, 0) is 54.2 Å². The zero-order valence-corrected chi connectivity index (χ0v) is 24.6. The van der Waals surface area contributed by atoms with E-state index >= 15 is 0 Å². The summed E-state index contributed by atoms with van der Waals surface area (Å²) in [6.45, 7) is 0.233. The van der Waals surface area contributed by atoms with E-state index in [0.29, 0.717) is 11.8 Å². The third kappa shape index (κ3) is 6.22. The van der Waals surface area contributed by atoms with Crippen LogP contribution in [0.5, 0.6) is 0 Å². The van der Waals surface area contributed by atoms with Gasteiger partial charge in [-0.3, -0.25) is 4.79 Å². The van der Waals surface area contributed by atoms with E-state index < -0.39 is 18.7 Å². The normalized spacial score (nSPS) is 23.0. The summed E-state index contributed by atoms with van der Waals surface area (Å²) in [5.41, 5.74) is 2.21. The SMILES string of the molecule is O=CN[C@H](COC(c1ccccc1)(c1ccccc1)c1ccccc1)B1O[C@@H](C2CCCCC2)[C@H](C2CCCCC2)O1. The van der Waals surface area contributed by atoms with Crippen LogP contribution in [0.3, 0.4) is 0 Å². The molecule has 6 heteroatoms. The van der Waals surface area contributed by atoms with Crippen LogP contribution in [0.2, 0.25) is 0 Å². The van der Waals surface area contributed by atoms with Crippen molar-refractivity contribution >= 4 is 13.5 Å². The lowest BCUT2D eigenvalue weighted by Gasteiger charge is -2.37. The van der Waals surface area contributed by atoms with Crippen LogP contribution in [0.1, 0.15) is 80.9 Å². The summed E-state index contributed by atoms with van der Waals surface area (Å²) < 4.78 is 20.8. The van der Waals surface area contributed by atoms with Crippen LogP contribution in [-0.4, -0.2) is 38.3 Å². The Kier molecular flexibility index (Phi) is 9.74. The lowest BCUT2D eigenvalue weighted by molar-refractivity contribution is -0.110. The molecular weight excluding hydrogens is 521 g/mol. The van der Waals surface area contributed by atoms with Gasteiger partial charge < -0.3 is 19.4 Å². The third-order valence-corrected chi connectivity index (χ3v) is 9.77. The molecule has 0 radical (unpaired) electrons. The molecule has 3 aliphatic rings. The molecule has 1 N–H and O–H groups in total. The maximum Gasteiger partial charge on any atom is 0.483 e. The molecule has 3 aromatic rings. The van der Waals surface area contributed by atoms with E-state index in [1.54, 1.807) is 0 Å². The van der Waals surface area contributed by atoms with Gasteiger partial charge in [0.05, 0.1) is 24.8 Å².